The Kier molecular flexibility index (Phi) is 8.14. The molecule has 0 radical (unpaired) electrons. The summed E-state index contributed by atoms with van der Waals surface area (Å²) in [6.45, 7) is 1.72. The number of allylic oxidation sites excluding steroid dienone is 4. The Hall–Kier alpha value is -1.89. The Bertz CT molecular complexity index is 1040. The Balaban J connectivity index is 1.92. The molecule has 4 nitrogen and oxygen atoms in total. The summed E-state index contributed by atoms with van der Waals surface area (Å²) in [4.78, 5) is 4.28. The van der Waals surface area contributed by atoms with Crippen molar-refractivity contribution in [3.8, 4) is 5.75 Å². The quantitative estimate of drug-likeness (QED) is 0.485. The third-order valence-electron chi connectivity index (χ3n) is 5.11. The van der Waals surface area contributed by atoms with Crippen molar-refractivity contribution in [2.45, 2.75) is 32.3 Å². The minimum Gasteiger partial charge on any atom is -0.482 e. The second kappa shape index (κ2) is 10.6. The lowest BCUT2D eigenvalue weighted by molar-refractivity contribution is 0.227. The normalized spacial score (nSPS) is 18.6. The molecule has 0 amide bonds. The van der Waals surface area contributed by atoms with E-state index in [4.69, 9.17) is 33.7 Å². The number of aromatic nitrogens is 1. The van der Waals surface area contributed by atoms with Gasteiger partial charge in [0.15, 0.2) is 11.6 Å². The highest BCUT2D eigenvalue weighted by atomic mass is 35.5. The molecule has 0 fully saturated rings. The fraction of sp³-hybridized carbons (Fsp3) is 0.348. The predicted octanol–water partition coefficient (Wildman–Crippen LogP) is 6.37. The fourth-order valence-electron chi connectivity index (χ4n) is 3.60. The molecule has 1 aliphatic carbocycles. The van der Waals surface area contributed by atoms with Crippen molar-refractivity contribution in [3.63, 3.8) is 0 Å². The number of halogens is 3. The zero-order chi connectivity index (χ0) is 22.5. The summed E-state index contributed by atoms with van der Waals surface area (Å²) in [5.41, 5.74) is 8.20. The van der Waals surface area contributed by atoms with Crippen molar-refractivity contribution in [2.75, 3.05) is 17.7 Å². The van der Waals surface area contributed by atoms with Gasteiger partial charge >= 0.3 is 0 Å². The van der Waals surface area contributed by atoms with Crippen LogP contribution in [0.25, 0.3) is 5.57 Å². The summed E-state index contributed by atoms with van der Waals surface area (Å²) in [5.74, 6) is 0.836. The van der Waals surface area contributed by atoms with Crippen molar-refractivity contribution in [1.82, 2.24) is 4.98 Å². The van der Waals surface area contributed by atoms with Gasteiger partial charge in [0, 0.05) is 45.2 Å². The van der Waals surface area contributed by atoms with Crippen LogP contribution in [-0.2, 0) is 10.8 Å². The minimum atomic E-state index is -0.876. The van der Waals surface area contributed by atoms with Crippen LogP contribution < -0.4 is 10.5 Å². The first kappa shape index (κ1) is 23.8. The van der Waals surface area contributed by atoms with E-state index in [2.05, 4.69) is 17.1 Å². The summed E-state index contributed by atoms with van der Waals surface area (Å²) in [6, 6.07) is 4.46. The highest BCUT2D eigenvalue weighted by molar-refractivity contribution is 7.84. The van der Waals surface area contributed by atoms with Crippen LogP contribution in [0, 0.1) is 11.7 Å². The van der Waals surface area contributed by atoms with E-state index in [0.717, 1.165) is 30.4 Å². The van der Waals surface area contributed by atoms with Crippen LogP contribution in [0.4, 0.5) is 10.2 Å². The maximum atomic E-state index is 13.9. The van der Waals surface area contributed by atoms with Crippen molar-refractivity contribution in [3.05, 3.63) is 69.6 Å². The van der Waals surface area contributed by atoms with Gasteiger partial charge in [-0.1, -0.05) is 41.4 Å². The number of benzene rings is 1. The first-order chi connectivity index (χ1) is 14.8. The Morgan fingerprint density at radius 1 is 1.39 bits per heavy atom. The van der Waals surface area contributed by atoms with Gasteiger partial charge in [0.05, 0.1) is 5.02 Å². The summed E-state index contributed by atoms with van der Waals surface area (Å²) >= 11 is 12.3. The average molecular weight is 483 g/mol. The van der Waals surface area contributed by atoms with Gasteiger partial charge in [-0.25, -0.2) is 9.37 Å². The van der Waals surface area contributed by atoms with Gasteiger partial charge in [-0.2, -0.15) is 0 Å². The molecule has 3 unspecified atom stereocenters. The maximum absolute atomic E-state index is 13.9. The van der Waals surface area contributed by atoms with E-state index in [9.17, 15) is 8.60 Å². The van der Waals surface area contributed by atoms with E-state index in [1.165, 1.54) is 12.1 Å². The zero-order valence-electron chi connectivity index (χ0n) is 17.4. The van der Waals surface area contributed by atoms with E-state index in [0.29, 0.717) is 22.1 Å². The zero-order valence-corrected chi connectivity index (χ0v) is 19.7. The molecule has 0 spiro atoms. The molecule has 1 heterocycles. The number of hydrogen-bond donors (Lipinski definition) is 1. The van der Waals surface area contributed by atoms with Crippen LogP contribution in [0.15, 0.2) is 42.6 Å². The van der Waals surface area contributed by atoms with Crippen molar-refractivity contribution < 1.29 is 13.3 Å². The lowest BCUT2D eigenvalue weighted by atomic mass is 9.94. The molecule has 1 aromatic carbocycles. The van der Waals surface area contributed by atoms with Crippen LogP contribution in [0.3, 0.4) is 0 Å². The van der Waals surface area contributed by atoms with Crippen molar-refractivity contribution in [1.29, 1.82) is 0 Å². The number of nitrogens with zero attached hydrogens (tertiary/aromatic N) is 1. The van der Waals surface area contributed by atoms with Gasteiger partial charge < -0.3 is 10.5 Å². The van der Waals surface area contributed by atoms with Gasteiger partial charge in [-0.3, -0.25) is 4.21 Å². The average Bonchev–Trinajstić information content (AvgIpc) is 2.68. The van der Waals surface area contributed by atoms with E-state index < -0.39 is 22.7 Å². The third kappa shape index (κ3) is 6.09. The fourth-order valence-corrected chi connectivity index (χ4v) is 5.14. The molecule has 0 aliphatic heterocycles. The topological polar surface area (TPSA) is 65.2 Å². The van der Waals surface area contributed by atoms with Crippen molar-refractivity contribution >= 4 is 45.4 Å². The number of ether oxygens (including phenoxy) is 1. The largest absolute Gasteiger partial charge is 0.482 e. The summed E-state index contributed by atoms with van der Waals surface area (Å²) in [6.07, 6.45) is 12.1. The number of hydrogen-bond acceptors (Lipinski definition) is 4. The summed E-state index contributed by atoms with van der Waals surface area (Å²) in [5, 5.41) is 0.228. The molecular weight excluding hydrogens is 458 g/mol. The van der Waals surface area contributed by atoms with Crippen LogP contribution in [0.5, 0.6) is 5.75 Å². The third-order valence-corrected chi connectivity index (χ3v) is 6.72. The molecule has 1 aliphatic rings. The molecule has 166 valence electrons. The lowest BCUT2D eigenvalue weighted by Crippen LogP contribution is -2.10. The standard InChI is InChI=1S/C23H25Cl2FN2O2S/c1-14(21-18(24)8-9-19(26)22(21)25)30-20-11-17(12-28-23(20)27)16-7-5-3-4-6-15(10-16)13-31(2)29/h5,7-12,14-15H,3-4,6,13H2,1-2H3,(H2,27,28). The van der Waals surface area contributed by atoms with E-state index in [1.54, 1.807) is 25.4 Å². The van der Waals surface area contributed by atoms with Crippen LogP contribution in [0.1, 0.15) is 43.4 Å². The molecule has 3 rings (SSSR count). The Morgan fingerprint density at radius 2 is 2.16 bits per heavy atom. The van der Waals surface area contributed by atoms with Crippen LogP contribution in [-0.4, -0.2) is 21.2 Å². The number of rotatable bonds is 6. The number of nitrogen functional groups attached to an aromatic ring is 1. The maximum Gasteiger partial charge on any atom is 0.166 e. The monoisotopic (exact) mass is 482 g/mol. The van der Waals surface area contributed by atoms with Crippen LogP contribution in [0.2, 0.25) is 10.0 Å². The van der Waals surface area contributed by atoms with Gasteiger partial charge in [-0.05, 0) is 55.9 Å². The summed E-state index contributed by atoms with van der Waals surface area (Å²) < 4.78 is 31.7. The molecule has 1 aromatic heterocycles. The summed E-state index contributed by atoms with van der Waals surface area (Å²) in [7, 11) is -0.876. The van der Waals surface area contributed by atoms with E-state index >= 15 is 0 Å². The first-order valence-corrected chi connectivity index (χ1v) is 12.5. The van der Waals surface area contributed by atoms with Gasteiger partial charge in [0.1, 0.15) is 11.9 Å². The predicted molar refractivity (Wildman–Crippen MR) is 128 cm³/mol. The second-order valence-electron chi connectivity index (χ2n) is 7.58. The number of anilines is 1. The molecule has 0 saturated carbocycles. The highest BCUT2D eigenvalue weighted by Gasteiger charge is 2.20. The van der Waals surface area contributed by atoms with Gasteiger partial charge in [0.25, 0.3) is 0 Å². The SMILES string of the molecule is CC(Oc1cc(C2=CC(CS(C)=O)CCCC=C2)cnc1N)c1c(Cl)ccc(F)c1Cl. The molecule has 3 atom stereocenters. The first-order valence-electron chi connectivity index (χ1n) is 10.0. The molecule has 0 bridgehead atoms. The second-order valence-corrected chi connectivity index (χ2v) is 9.84. The van der Waals surface area contributed by atoms with Gasteiger partial charge in [0.2, 0.25) is 0 Å². The Morgan fingerprint density at radius 3 is 2.90 bits per heavy atom. The molecule has 2 aromatic rings. The number of pyridine rings is 1. The molecule has 8 heteroatoms. The molecular formula is C23H25Cl2FN2O2S. The number of nitrogens with two attached hydrogens (primary N) is 1. The highest BCUT2D eigenvalue weighted by Crippen LogP contribution is 2.37. The Labute approximate surface area is 194 Å². The van der Waals surface area contributed by atoms with E-state index in [-0.39, 0.29) is 16.8 Å². The minimum absolute atomic E-state index is 0.0799. The smallest absolute Gasteiger partial charge is 0.166 e. The van der Waals surface area contributed by atoms with Gasteiger partial charge in [-0.15, -0.1) is 0 Å². The van der Waals surface area contributed by atoms with Crippen molar-refractivity contribution in [2.24, 2.45) is 5.92 Å². The van der Waals surface area contributed by atoms with Crippen LogP contribution >= 0.6 is 23.2 Å². The molecule has 0 saturated heterocycles. The lowest BCUT2D eigenvalue weighted by Gasteiger charge is -2.20. The molecule has 2 N–H and O–H groups in total. The molecule has 31 heavy (non-hydrogen) atoms. The van der Waals surface area contributed by atoms with E-state index in [1.807, 2.05) is 6.08 Å².